The smallest absolute Gasteiger partial charge is 0.338 e. The molecule has 1 saturated heterocycles. The molecule has 1 aromatic rings. The minimum absolute atomic E-state index is 0.0497. The van der Waals surface area contributed by atoms with Gasteiger partial charge >= 0.3 is 5.97 Å². The first-order valence-corrected chi connectivity index (χ1v) is 10.5. The van der Waals surface area contributed by atoms with Crippen LogP contribution in [0.3, 0.4) is 0 Å². The van der Waals surface area contributed by atoms with Crippen LogP contribution in [0.2, 0.25) is 0 Å². The van der Waals surface area contributed by atoms with Gasteiger partial charge in [-0.15, -0.1) is 0 Å². The number of nitrogens with one attached hydrogen (secondary N) is 1. The Kier molecular flexibility index (Phi) is 7.73. The second-order valence-electron chi connectivity index (χ2n) is 7.41. The number of nitriles is 1. The molecule has 9 heteroatoms. The van der Waals surface area contributed by atoms with Crippen LogP contribution in [0.5, 0.6) is 5.75 Å². The number of hydrogen-bond acceptors (Lipinski definition) is 8. The van der Waals surface area contributed by atoms with Crippen molar-refractivity contribution in [3.05, 3.63) is 52.6 Å². The standard InChI is InChI=1S/C23H27N3O6/c1-3-29-23(28)20-14(2)32-22(25)18(11-24)21(20)15-6-8-16(9-7-15)31-13-19(27)26-12-17-5-4-10-30-17/h6-9,17,21H,3-5,10,12-13,25H2,1-2H3,(H,26,27). The SMILES string of the molecule is CCOC(=O)C1=C(C)OC(N)=C(C#N)C1c1ccc(OCC(=O)NCC2CCCO2)cc1. The van der Waals surface area contributed by atoms with Gasteiger partial charge in [-0.3, -0.25) is 4.79 Å². The second kappa shape index (κ2) is 10.7. The van der Waals surface area contributed by atoms with E-state index in [0.717, 1.165) is 19.4 Å². The van der Waals surface area contributed by atoms with Crippen molar-refractivity contribution in [3.8, 4) is 11.8 Å². The highest BCUT2D eigenvalue weighted by Crippen LogP contribution is 2.39. The van der Waals surface area contributed by atoms with Crippen molar-refractivity contribution < 1.29 is 28.5 Å². The summed E-state index contributed by atoms with van der Waals surface area (Å²) in [5, 5.41) is 12.4. The number of rotatable bonds is 8. The third-order valence-corrected chi connectivity index (χ3v) is 5.24. The fraction of sp³-hybridized carbons (Fsp3) is 0.435. The highest BCUT2D eigenvalue weighted by atomic mass is 16.5. The number of nitrogens with zero attached hydrogens (tertiary/aromatic N) is 1. The van der Waals surface area contributed by atoms with Crippen LogP contribution in [0, 0.1) is 11.3 Å². The molecule has 2 unspecified atom stereocenters. The average molecular weight is 441 g/mol. The van der Waals surface area contributed by atoms with Crippen molar-refractivity contribution in [1.82, 2.24) is 5.32 Å². The summed E-state index contributed by atoms with van der Waals surface area (Å²) in [5.74, 6) is -0.823. The molecule has 32 heavy (non-hydrogen) atoms. The van der Waals surface area contributed by atoms with Crippen LogP contribution >= 0.6 is 0 Å². The molecule has 0 spiro atoms. The van der Waals surface area contributed by atoms with Crippen LogP contribution in [0.4, 0.5) is 0 Å². The molecule has 2 aliphatic rings. The van der Waals surface area contributed by atoms with Gasteiger partial charge in [0.05, 0.1) is 24.2 Å². The number of carbonyl (C=O) groups is 2. The minimum atomic E-state index is -0.725. The largest absolute Gasteiger partial charge is 0.484 e. The summed E-state index contributed by atoms with van der Waals surface area (Å²) in [6, 6.07) is 8.80. The first-order chi connectivity index (χ1) is 15.4. The van der Waals surface area contributed by atoms with Crippen LogP contribution in [0.25, 0.3) is 0 Å². The number of allylic oxidation sites excluding steroid dienone is 2. The molecule has 2 aliphatic heterocycles. The zero-order chi connectivity index (χ0) is 23.1. The van der Waals surface area contributed by atoms with Crippen molar-refractivity contribution in [3.63, 3.8) is 0 Å². The van der Waals surface area contributed by atoms with Gasteiger partial charge in [-0.1, -0.05) is 12.1 Å². The van der Waals surface area contributed by atoms with E-state index in [-0.39, 0.29) is 48.0 Å². The maximum atomic E-state index is 12.6. The Morgan fingerprint density at radius 3 is 2.69 bits per heavy atom. The third-order valence-electron chi connectivity index (χ3n) is 5.24. The normalized spacial score (nSPS) is 20.4. The highest BCUT2D eigenvalue weighted by molar-refractivity contribution is 5.92. The Morgan fingerprint density at radius 2 is 2.06 bits per heavy atom. The van der Waals surface area contributed by atoms with Crippen molar-refractivity contribution in [2.24, 2.45) is 5.73 Å². The van der Waals surface area contributed by atoms with E-state index in [2.05, 4.69) is 5.32 Å². The van der Waals surface area contributed by atoms with Crippen LogP contribution in [0.15, 0.2) is 47.1 Å². The summed E-state index contributed by atoms with van der Waals surface area (Å²) in [4.78, 5) is 24.6. The van der Waals surface area contributed by atoms with E-state index in [9.17, 15) is 14.9 Å². The van der Waals surface area contributed by atoms with Crippen molar-refractivity contribution in [2.45, 2.75) is 38.7 Å². The fourth-order valence-corrected chi connectivity index (χ4v) is 3.68. The van der Waals surface area contributed by atoms with Gasteiger partial charge < -0.3 is 30.0 Å². The van der Waals surface area contributed by atoms with Crippen LogP contribution in [-0.4, -0.2) is 44.3 Å². The molecule has 3 rings (SSSR count). The van der Waals surface area contributed by atoms with Gasteiger partial charge in [0.2, 0.25) is 5.88 Å². The third kappa shape index (κ3) is 5.39. The number of nitrogens with two attached hydrogens (primary N) is 1. The van der Waals surface area contributed by atoms with E-state index in [0.29, 0.717) is 17.9 Å². The van der Waals surface area contributed by atoms with E-state index in [1.54, 1.807) is 38.1 Å². The maximum Gasteiger partial charge on any atom is 0.338 e. The zero-order valence-electron chi connectivity index (χ0n) is 18.2. The van der Waals surface area contributed by atoms with Crippen molar-refractivity contribution in [1.29, 1.82) is 5.26 Å². The molecule has 0 aliphatic carbocycles. The lowest BCUT2D eigenvalue weighted by atomic mass is 9.83. The number of ether oxygens (including phenoxy) is 4. The lowest BCUT2D eigenvalue weighted by Crippen LogP contribution is -2.35. The second-order valence-corrected chi connectivity index (χ2v) is 7.41. The monoisotopic (exact) mass is 441 g/mol. The van der Waals surface area contributed by atoms with Gasteiger partial charge in [-0.05, 0) is 44.4 Å². The molecule has 0 aromatic heterocycles. The van der Waals surface area contributed by atoms with Crippen LogP contribution in [-0.2, 0) is 23.8 Å². The zero-order valence-corrected chi connectivity index (χ0v) is 18.2. The maximum absolute atomic E-state index is 12.6. The number of hydrogen-bond donors (Lipinski definition) is 2. The molecule has 2 atom stereocenters. The van der Waals surface area contributed by atoms with Gasteiger partial charge in [-0.2, -0.15) is 5.26 Å². The van der Waals surface area contributed by atoms with Gasteiger partial charge in [0.15, 0.2) is 6.61 Å². The highest BCUT2D eigenvalue weighted by Gasteiger charge is 2.36. The summed E-state index contributed by atoms with van der Waals surface area (Å²) in [6.07, 6.45) is 2.02. The molecular formula is C23H27N3O6. The van der Waals surface area contributed by atoms with E-state index in [1.807, 2.05) is 6.07 Å². The fourth-order valence-electron chi connectivity index (χ4n) is 3.68. The molecule has 3 N–H and O–H groups in total. The molecule has 9 nitrogen and oxygen atoms in total. The first-order valence-electron chi connectivity index (χ1n) is 10.5. The summed E-state index contributed by atoms with van der Waals surface area (Å²) >= 11 is 0. The number of benzene rings is 1. The Hall–Kier alpha value is -3.51. The molecule has 170 valence electrons. The molecule has 0 saturated carbocycles. The topological polar surface area (TPSA) is 133 Å². The van der Waals surface area contributed by atoms with Gasteiger partial charge in [0, 0.05) is 13.2 Å². The quantitative estimate of drug-likeness (QED) is 0.585. The molecular weight excluding hydrogens is 414 g/mol. The summed E-state index contributed by atoms with van der Waals surface area (Å²) in [7, 11) is 0. The van der Waals surface area contributed by atoms with Crippen molar-refractivity contribution >= 4 is 11.9 Å². The Labute approximate surface area is 186 Å². The minimum Gasteiger partial charge on any atom is -0.484 e. The molecule has 1 fully saturated rings. The Bertz CT molecular complexity index is 955. The first kappa shape index (κ1) is 23.2. The summed E-state index contributed by atoms with van der Waals surface area (Å²) in [5.41, 5.74) is 6.89. The Balaban J connectivity index is 1.69. The van der Waals surface area contributed by atoms with Gasteiger partial charge in [0.25, 0.3) is 5.91 Å². The number of esters is 1. The predicted molar refractivity (Wildman–Crippen MR) is 114 cm³/mol. The summed E-state index contributed by atoms with van der Waals surface area (Å²) in [6.45, 7) is 4.56. The van der Waals surface area contributed by atoms with Crippen molar-refractivity contribution in [2.75, 3.05) is 26.4 Å². The average Bonchev–Trinajstić information content (AvgIpc) is 3.30. The van der Waals surface area contributed by atoms with Gasteiger partial charge in [0.1, 0.15) is 23.2 Å². The predicted octanol–water partition coefficient (Wildman–Crippen LogP) is 2.01. The van der Waals surface area contributed by atoms with E-state index in [1.165, 1.54) is 0 Å². The molecule has 0 radical (unpaired) electrons. The number of carbonyl (C=O) groups excluding carboxylic acids is 2. The van der Waals surface area contributed by atoms with Crippen LogP contribution < -0.4 is 15.8 Å². The van der Waals surface area contributed by atoms with E-state index < -0.39 is 11.9 Å². The Morgan fingerprint density at radius 1 is 1.31 bits per heavy atom. The van der Waals surface area contributed by atoms with E-state index in [4.69, 9.17) is 24.7 Å². The molecule has 1 amide bonds. The molecule has 1 aromatic carbocycles. The lowest BCUT2D eigenvalue weighted by molar-refractivity contribution is -0.139. The lowest BCUT2D eigenvalue weighted by Gasteiger charge is -2.26. The van der Waals surface area contributed by atoms with E-state index >= 15 is 0 Å². The summed E-state index contributed by atoms with van der Waals surface area (Å²) < 4.78 is 21.6. The molecule has 2 heterocycles. The van der Waals surface area contributed by atoms with Gasteiger partial charge in [-0.25, -0.2) is 4.79 Å². The molecule has 0 bridgehead atoms. The van der Waals surface area contributed by atoms with Crippen LogP contribution in [0.1, 0.15) is 38.2 Å². The number of amides is 1.